The van der Waals surface area contributed by atoms with Crippen LogP contribution in [-0.2, 0) is 13.2 Å². The third-order valence-electron chi connectivity index (χ3n) is 2.90. The van der Waals surface area contributed by atoms with Crippen molar-refractivity contribution in [3.05, 3.63) is 58.1 Å². The maximum Gasteiger partial charge on any atom is 0.180 e. The molecule has 0 unspecified atom stereocenters. The molecule has 2 rings (SSSR count). The molecule has 0 heterocycles. The average molecular weight is 314 g/mol. The van der Waals surface area contributed by atoms with E-state index in [4.69, 9.17) is 26.8 Å². The summed E-state index contributed by atoms with van der Waals surface area (Å²) in [6.07, 6.45) is 0. The van der Waals surface area contributed by atoms with Gasteiger partial charge in [0.2, 0.25) is 0 Å². The first-order valence-electron chi connectivity index (χ1n) is 6.18. The first-order chi connectivity index (χ1) is 10.0. The van der Waals surface area contributed by atoms with Crippen LogP contribution in [0.25, 0.3) is 0 Å². The Morgan fingerprint density at radius 2 is 1.95 bits per heavy atom. The van der Waals surface area contributed by atoms with Gasteiger partial charge in [-0.05, 0) is 35.9 Å². The lowest BCUT2D eigenvalue weighted by Gasteiger charge is -2.14. The zero-order chi connectivity index (χ0) is 15.4. The number of halogens is 3. The summed E-state index contributed by atoms with van der Waals surface area (Å²) in [5, 5.41) is 0.298. The van der Waals surface area contributed by atoms with Crippen molar-refractivity contribution in [3.8, 4) is 11.5 Å². The predicted octanol–water partition coefficient (Wildman–Crippen LogP) is 3.66. The fourth-order valence-corrected chi connectivity index (χ4v) is 2.12. The molecule has 0 bridgehead atoms. The van der Waals surface area contributed by atoms with Crippen molar-refractivity contribution in [3.63, 3.8) is 0 Å². The van der Waals surface area contributed by atoms with Crippen LogP contribution in [0.4, 0.5) is 8.78 Å². The molecule has 0 atom stereocenters. The van der Waals surface area contributed by atoms with Crippen LogP contribution >= 0.6 is 11.6 Å². The smallest absolute Gasteiger partial charge is 0.180 e. The van der Waals surface area contributed by atoms with Crippen molar-refractivity contribution in [2.45, 2.75) is 13.2 Å². The molecule has 112 valence electrons. The fraction of sp³-hybridized carbons (Fsp3) is 0.200. The van der Waals surface area contributed by atoms with E-state index < -0.39 is 11.6 Å². The molecule has 3 nitrogen and oxygen atoms in total. The Bertz CT molecular complexity index is 650. The Morgan fingerprint density at radius 1 is 1.19 bits per heavy atom. The zero-order valence-electron chi connectivity index (χ0n) is 11.3. The predicted molar refractivity (Wildman–Crippen MR) is 76.6 cm³/mol. The summed E-state index contributed by atoms with van der Waals surface area (Å²) in [6.45, 7) is 0.135. The fourth-order valence-electron chi connectivity index (χ4n) is 1.84. The van der Waals surface area contributed by atoms with E-state index in [2.05, 4.69) is 0 Å². The van der Waals surface area contributed by atoms with Gasteiger partial charge in [-0.3, -0.25) is 0 Å². The monoisotopic (exact) mass is 313 g/mol. The van der Waals surface area contributed by atoms with E-state index in [0.29, 0.717) is 17.3 Å². The Morgan fingerprint density at radius 3 is 2.62 bits per heavy atom. The molecular weight excluding hydrogens is 300 g/mol. The van der Waals surface area contributed by atoms with Gasteiger partial charge in [-0.25, -0.2) is 8.78 Å². The van der Waals surface area contributed by atoms with Crippen LogP contribution in [0.15, 0.2) is 30.3 Å². The van der Waals surface area contributed by atoms with E-state index >= 15 is 0 Å². The number of benzene rings is 2. The Hall–Kier alpha value is -1.85. The molecule has 0 saturated carbocycles. The molecule has 6 heteroatoms. The molecular formula is C15H14ClF2NO2. The van der Waals surface area contributed by atoms with Crippen LogP contribution in [0.1, 0.15) is 11.1 Å². The summed E-state index contributed by atoms with van der Waals surface area (Å²) in [5.41, 5.74) is 6.42. The largest absolute Gasteiger partial charge is 0.493 e. The first-order valence-corrected chi connectivity index (χ1v) is 6.56. The molecule has 0 spiro atoms. The van der Waals surface area contributed by atoms with Crippen molar-refractivity contribution in [2.24, 2.45) is 5.73 Å². The lowest BCUT2D eigenvalue weighted by atomic mass is 10.2. The van der Waals surface area contributed by atoms with Crippen molar-refractivity contribution in [2.75, 3.05) is 7.11 Å². The molecule has 0 aliphatic rings. The summed E-state index contributed by atoms with van der Waals surface area (Å²) in [4.78, 5) is 0. The molecule has 0 fully saturated rings. The van der Waals surface area contributed by atoms with Crippen LogP contribution < -0.4 is 15.2 Å². The number of rotatable bonds is 5. The minimum Gasteiger partial charge on any atom is -0.493 e. The number of ether oxygens (including phenoxy) is 2. The third kappa shape index (κ3) is 3.62. The molecule has 2 aromatic rings. The number of nitrogens with two attached hydrogens (primary N) is 1. The van der Waals surface area contributed by atoms with Gasteiger partial charge < -0.3 is 15.2 Å². The molecule has 2 N–H and O–H groups in total. The van der Waals surface area contributed by atoms with E-state index in [9.17, 15) is 8.78 Å². The van der Waals surface area contributed by atoms with Crippen LogP contribution in [-0.4, -0.2) is 7.11 Å². The standard InChI is InChI=1S/C15H14ClF2NO2/c1-20-14-5-9(7-19)4-12(16)15(14)21-8-10-6-11(17)2-3-13(10)18/h2-6H,7-8,19H2,1H3. The van der Waals surface area contributed by atoms with Crippen LogP contribution in [0.5, 0.6) is 11.5 Å². The van der Waals surface area contributed by atoms with Gasteiger partial charge >= 0.3 is 0 Å². The van der Waals surface area contributed by atoms with Gasteiger partial charge in [0.1, 0.15) is 18.2 Å². The Kier molecular flexibility index (Phi) is 4.98. The molecule has 0 aromatic heterocycles. The van der Waals surface area contributed by atoms with Gasteiger partial charge in [-0.1, -0.05) is 11.6 Å². The highest BCUT2D eigenvalue weighted by Crippen LogP contribution is 2.37. The van der Waals surface area contributed by atoms with E-state index in [0.717, 1.165) is 23.8 Å². The second-order valence-electron chi connectivity index (χ2n) is 4.34. The van der Waals surface area contributed by atoms with Crippen LogP contribution in [0, 0.1) is 11.6 Å². The molecule has 0 amide bonds. The molecule has 0 saturated heterocycles. The average Bonchev–Trinajstić information content (AvgIpc) is 2.48. The SMILES string of the molecule is COc1cc(CN)cc(Cl)c1OCc1cc(F)ccc1F. The highest BCUT2D eigenvalue weighted by Gasteiger charge is 2.13. The van der Waals surface area contributed by atoms with E-state index in [1.165, 1.54) is 7.11 Å². The molecule has 0 radical (unpaired) electrons. The second-order valence-corrected chi connectivity index (χ2v) is 4.74. The van der Waals surface area contributed by atoms with Crippen LogP contribution in [0.2, 0.25) is 5.02 Å². The summed E-state index contributed by atoms with van der Waals surface area (Å²) in [7, 11) is 1.46. The van der Waals surface area contributed by atoms with Gasteiger partial charge in [0, 0.05) is 12.1 Å². The third-order valence-corrected chi connectivity index (χ3v) is 3.19. The molecule has 2 aromatic carbocycles. The van der Waals surface area contributed by atoms with Crippen molar-refractivity contribution < 1.29 is 18.3 Å². The highest BCUT2D eigenvalue weighted by atomic mass is 35.5. The van der Waals surface area contributed by atoms with Gasteiger partial charge in [0.15, 0.2) is 11.5 Å². The summed E-state index contributed by atoms with van der Waals surface area (Å²) < 4.78 is 37.3. The summed E-state index contributed by atoms with van der Waals surface area (Å²) in [6, 6.07) is 6.49. The van der Waals surface area contributed by atoms with E-state index in [1.54, 1.807) is 12.1 Å². The van der Waals surface area contributed by atoms with Crippen molar-refractivity contribution in [1.82, 2.24) is 0 Å². The molecule has 21 heavy (non-hydrogen) atoms. The quantitative estimate of drug-likeness (QED) is 0.916. The van der Waals surface area contributed by atoms with Gasteiger partial charge in [0.25, 0.3) is 0 Å². The van der Waals surface area contributed by atoms with Gasteiger partial charge in [-0.2, -0.15) is 0 Å². The maximum absolute atomic E-state index is 13.5. The van der Waals surface area contributed by atoms with Gasteiger partial charge in [-0.15, -0.1) is 0 Å². The number of hydrogen-bond donors (Lipinski definition) is 1. The topological polar surface area (TPSA) is 44.5 Å². The van der Waals surface area contributed by atoms with E-state index in [-0.39, 0.29) is 17.9 Å². The maximum atomic E-state index is 13.5. The highest BCUT2D eigenvalue weighted by molar-refractivity contribution is 6.32. The normalized spacial score (nSPS) is 10.5. The molecule has 0 aliphatic carbocycles. The van der Waals surface area contributed by atoms with Crippen LogP contribution in [0.3, 0.4) is 0 Å². The number of methoxy groups -OCH3 is 1. The molecule has 0 aliphatic heterocycles. The van der Waals surface area contributed by atoms with Crippen molar-refractivity contribution >= 4 is 11.6 Å². The lowest BCUT2D eigenvalue weighted by Crippen LogP contribution is -2.03. The van der Waals surface area contributed by atoms with E-state index in [1.807, 2.05) is 0 Å². The Labute approximate surface area is 126 Å². The lowest BCUT2D eigenvalue weighted by molar-refractivity contribution is 0.279. The zero-order valence-corrected chi connectivity index (χ0v) is 12.1. The summed E-state index contributed by atoms with van der Waals surface area (Å²) in [5.74, 6) is -0.434. The van der Waals surface area contributed by atoms with Crippen molar-refractivity contribution in [1.29, 1.82) is 0 Å². The van der Waals surface area contributed by atoms with Gasteiger partial charge in [0.05, 0.1) is 12.1 Å². The Balaban J connectivity index is 2.25. The second kappa shape index (κ2) is 6.74. The minimum absolute atomic E-state index is 0.0935. The summed E-state index contributed by atoms with van der Waals surface area (Å²) >= 11 is 6.10. The number of hydrogen-bond acceptors (Lipinski definition) is 3. The first kappa shape index (κ1) is 15.5. The minimum atomic E-state index is -0.551.